The van der Waals surface area contributed by atoms with Crippen LogP contribution in [0.25, 0.3) is 20.4 Å². The summed E-state index contributed by atoms with van der Waals surface area (Å²) in [4.78, 5) is 20.4. The van der Waals surface area contributed by atoms with Gasteiger partial charge in [0.05, 0.1) is 68.6 Å². The first-order valence-corrected chi connectivity index (χ1v) is 23.7. The zero-order chi connectivity index (χ0) is 43.8. The first-order chi connectivity index (χ1) is 30.3. The van der Waals surface area contributed by atoms with Crippen molar-refractivity contribution >= 4 is 134 Å². The van der Waals surface area contributed by atoms with Crippen LogP contribution < -0.4 is 39.4 Å². The molecule has 326 valence electrons. The number of azo groups is 2. The SMILES string of the molecule is CCN(CC)c1cc(Nc2nc(Nc3cc(N(CC)CC)c(OC)cc3/N=N/c3snc4scc(OC)c34)nc(SCCO)n2)c(/N=N/c2snc3scc(OC)c23)cc1OC. The summed E-state index contributed by atoms with van der Waals surface area (Å²) in [5, 5.41) is 42.3. The van der Waals surface area contributed by atoms with Crippen LogP contribution in [0.4, 0.5) is 56.0 Å². The molecule has 18 nitrogen and oxygen atoms in total. The minimum absolute atomic E-state index is 0.0755. The van der Waals surface area contributed by atoms with Crippen LogP contribution in [0.5, 0.6) is 23.0 Å². The van der Waals surface area contributed by atoms with E-state index in [1.165, 1.54) is 57.5 Å². The predicted octanol–water partition coefficient (Wildman–Crippen LogP) is 11.3. The number of ether oxygens (including phenoxy) is 4. The summed E-state index contributed by atoms with van der Waals surface area (Å²) in [6.07, 6.45) is 0. The molecule has 0 fully saturated rings. The second kappa shape index (κ2) is 20.6. The van der Waals surface area contributed by atoms with Gasteiger partial charge in [-0.15, -0.1) is 43.1 Å². The highest BCUT2D eigenvalue weighted by molar-refractivity contribution is 7.99. The fourth-order valence-electron chi connectivity index (χ4n) is 6.43. The maximum atomic E-state index is 9.79. The van der Waals surface area contributed by atoms with E-state index in [9.17, 15) is 5.11 Å². The van der Waals surface area contributed by atoms with E-state index in [0.29, 0.717) is 66.7 Å². The summed E-state index contributed by atoms with van der Waals surface area (Å²) in [6, 6.07) is 7.55. The van der Waals surface area contributed by atoms with Crippen molar-refractivity contribution in [1.29, 1.82) is 0 Å². The molecule has 0 saturated carbocycles. The van der Waals surface area contributed by atoms with E-state index in [-0.39, 0.29) is 18.5 Å². The summed E-state index contributed by atoms with van der Waals surface area (Å²) in [5.74, 6) is 3.40. The molecule has 0 bridgehead atoms. The number of thiophene rings is 2. The molecule has 0 aliphatic rings. The largest absolute Gasteiger partial charge is 0.495 e. The van der Waals surface area contributed by atoms with Gasteiger partial charge in [-0.3, -0.25) is 0 Å². The molecule has 5 aromatic heterocycles. The van der Waals surface area contributed by atoms with Gasteiger partial charge in [-0.25, -0.2) is 0 Å². The molecule has 2 aromatic carbocycles. The Bertz CT molecular complexity index is 2520. The summed E-state index contributed by atoms with van der Waals surface area (Å²) >= 11 is 6.74. The number of benzene rings is 2. The van der Waals surface area contributed by atoms with Gasteiger partial charge in [0.15, 0.2) is 15.2 Å². The van der Waals surface area contributed by atoms with Gasteiger partial charge in [-0.1, -0.05) is 11.8 Å². The Morgan fingerprint density at radius 1 is 0.613 bits per heavy atom. The van der Waals surface area contributed by atoms with Crippen LogP contribution in [-0.4, -0.2) is 95.8 Å². The molecule has 0 saturated heterocycles. The fourth-order valence-corrected chi connectivity index (χ4v) is 10.5. The predicted molar refractivity (Wildman–Crippen MR) is 254 cm³/mol. The Morgan fingerprint density at radius 2 is 1.05 bits per heavy atom. The van der Waals surface area contributed by atoms with Crippen LogP contribution in [0.1, 0.15) is 27.7 Å². The summed E-state index contributed by atoms with van der Waals surface area (Å²) in [5.41, 5.74) is 3.75. The molecule has 62 heavy (non-hydrogen) atoms. The summed E-state index contributed by atoms with van der Waals surface area (Å²) in [6.45, 7) is 11.2. The number of hydrogen-bond donors (Lipinski definition) is 3. The molecule has 3 N–H and O–H groups in total. The van der Waals surface area contributed by atoms with Gasteiger partial charge < -0.3 is 44.5 Å². The summed E-state index contributed by atoms with van der Waals surface area (Å²) in [7, 11) is 6.50. The zero-order valence-electron chi connectivity index (χ0n) is 35.2. The second-order valence-corrected chi connectivity index (χ2v) is 17.1. The maximum absolute atomic E-state index is 9.79. The minimum Gasteiger partial charge on any atom is -0.495 e. The van der Waals surface area contributed by atoms with Crippen molar-refractivity contribution in [3.8, 4) is 23.0 Å². The number of aliphatic hydroxyl groups is 1. The number of thioether (sulfide) groups is 1. The Labute approximate surface area is 378 Å². The Balaban J connectivity index is 1.32. The minimum atomic E-state index is -0.0755. The smallest absolute Gasteiger partial charge is 0.233 e. The molecule has 7 rings (SSSR count). The van der Waals surface area contributed by atoms with E-state index in [1.54, 1.807) is 28.4 Å². The number of aliphatic hydroxyl groups excluding tert-OH is 1. The van der Waals surface area contributed by atoms with Crippen molar-refractivity contribution in [2.24, 2.45) is 20.5 Å². The van der Waals surface area contributed by atoms with Gasteiger partial charge in [-0.2, -0.15) is 23.7 Å². The average Bonchev–Trinajstić information content (AvgIpc) is 4.09. The van der Waals surface area contributed by atoms with Gasteiger partial charge in [0.1, 0.15) is 44.0 Å². The number of aromatic nitrogens is 5. The lowest BCUT2D eigenvalue weighted by Gasteiger charge is -2.25. The highest BCUT2D eigenvalue weighted by Gasteiger charge is 2.21. The average molecular weight is 936 g/mol. The Kier molecular flexibility index (Phi) is 14.8. The van der Waals surface area contributed by atoms with Crippen molar-refractivity contribution in [3.63, 3.8) is 0 Å². The standard InChI is InChI=1S/C39H45N13O5S5/c1-9-51(10-2)25-15-21(23(17-27(25)54-5)45-47-33-31-29(56-7)19-59-35(31)49-61-33)40-37-42-38(44-39(43-37)58-14-13-53)41-22-16-26(52(11-3)12-4)28(55-6)18-24(22)46-48-34-32-30(57-8)20-60-36(32)50-62-34/h15-20,53H,9-14H2,1-8H3,(H2,40,41,42,43,44)/b47-45+,48-46+. The van der Waals surface area contributed by atoms with Gasteiger partial charge in [0.25, 0.3) is 0 Å². The van der Waals surface area contributed by atoms with Gasteiger partial charge in [0, 0.05) is 54.8 Å². The third kappa shape index (κ3) is 9.46. The van der Waals surface area contributed by atoms with Crippen molar-refractivity contribution in [2.45, 2.75) is 32.9 Å². The van der Waals surface area contributed by atoms with E-state index in [4.69, 9.17) is 44.1 Å². The van der Waals surface area contributed by atoms with Crippen molar-refractivity contribution in [3.05, 3.63) is 35.0 Å². The molecule has 5 heterocycles. The molecule has 7 aromatic rings. The van der Waals surface area contributed by atoms with Crippen LogP contribution in [0.3, 0.4) is 0 Å². The number of nitrogens with one attached hydrogen (secondary N) is 2. The molecular formula is C39H45N13O5S5. The van der Waals surface area contributed by atoms with Gasteiger partial charge in [0.2, 0.25) is 11.9 Å². The number of methoxy groups -OCH3 is 4. The van der Waals surface area contributed by atoms with Crippen LogP contribution in [0, 0.1) is 0 Å². The quantitative estimate of drug-likeness (QED) is 0.0453. The highest BCUT2D eigenvalue weighted by atomic mass is 32.2. The fraction of sp³-hybridized carbons (Fsp3) is 0.359. The highest BCUT2D eigenvalue weighted by Crippen LogP contribution is 2.46. The third-order valence-electron chi connectivity index (χ3n) is 9.50. The monoisotopic (exact) mass is 935 g/mol. The van der Waals surface area contributed by atoms with E-state index >= 15 is 0 Å². The maximum Gasteiger partial charge on any atom is 0.233 e. The van der Waals surface area contributed by atoms with E-state index < -0.39 is 0 Å². The topological polar surface area (TPSA) is 202 Å². The molecular weight excluding hydrogens is 891 g/mol. The van der Waals surface area contributed by atoms with Crippen LogP contribution in [0.15, 0.2) is 60.6 Å². The van der Waals surface area contributed by atoms with Crippen molar-refractivity contribution in [2.75, 3.05) is 87.4 Å². The Hall–Kier alpha value is -5.46. The molecule has 0 spiro atoms. The lowest BCUT2D eigenvalue weighted by atomic mass is 10.2. The first kappa shape index (κ1) is 44.6. The van der Waals surface area contributed by atoms with Crippen LogP contribution in [-0.2, 0) is 0 Å². The number of fused-ring (bicyclic) bond motifs is 2. The Morgan fingerprint density at radius 3 is 1.44 bits per heavy atom. The van der Waals surface area contributed by atoms with Gasteiger partial charge >= 0.3 is 0 Å². The van der Waals surface area contributed by atoms with Gasteiger partial charge in [-0.05, 0) is 62.9 Å². The van der Waals surface area contributed by atoms with Crippen LogP contribution >= 0.6 is 57.5 Å². The molecule has 0 aliphatic heterocycles. The molecule has 0 atom stereocenters. The molecule has 0 radical (unpaired) electrons. The van der Waals surface area contributed by atoms with Crippen LogP contribution in [0.2, 0.25) is 0 Å². The van der Waals surface area contributed by atoms with E-state index in [0.717, 1.165) is 58.0 Å². The number of nitrogens with zero attached hydrogens (tertiary/aromatic N) is 11. The second-order valence-electron chi connectivity index (χ2n) is 12.9. The first-order valence-electron chi connectivity index (χ1n) is 19.4. The van der Waals surface area contributed by atoms with E-state index in [2.05, 4.69) is 67.1 Å². The molecule has 0 aliphatic carbocycles. The zero-order valence-corrected chi connectivity index (χ0v) is 39.3. The number of anilines is 6. The molecule has 23 heteroatoms. The lowest BCUT2D eigenvalue weighted by molar-refractivity contribution is 0.322. The number of rotatable bonds is 21. The van der Waals surface area contributed by atoms with Crippen molar-refractivity contribution < 1.29 is 24.1 Å². The normalized spacial score (nSPS) is 11.6. The molecule has 0 unspecified atom stereocenters. The van der Waals surface area contributed by atoms with E-state index in [1.807, 2.05) is 35.0 Å². The lowest BCUT2D eigenvalue weighted by Crippen LogP contribution is -2.22. The number of hydrogen-bond acceptors (Lipinski definition) is 23. The molecule has 0 amide bonds. The third-order valence-corrected chi connectivity index (χ3v) is 13.7. The van der Waals surface area contributed by atoms with Crippen molar-refractivity contribution in [1.82, 2.24) is 23.7 Å². The summed E-state index contributed by atoms with van der Waals surface area (Å²) < 4.78 is 32.0.